The van der Waals surface area contributed by atoms with Crippen LogP contribution in [0.3, 0.4) is 0 Å². The molecule has 0 aliphatic carbocycles. The maximum absolute atomic E-state index is 12.7. The van der Waals surface area contributed by atoms with E-state index >= 15 is 0 Å². The van der Waals surface area contributed by atoms with Crippen LogP contribution in [0.25, 0.3) is 0 Å². The molecule has 1 heterocycles. The van der Waals surface area contributed by atoms with E-state index in [0.29, 0.717) is 18.0 Å². The number of ether oxygens (including phenoxy) is 3. The van der Waals surface area contributed by atoms with Crippen LogP contribution in [0.1, 0.15) is 22.8 Å². The molecule has 0 aromatic heterocycles. The van der Waals surface area contributed by atoms with E-state index in [0.717, 1.165) is 17.7 Å². The van der Waals surface area contributed by atoms with E-state index < -0.39 is 12.1 Å². The van der Waals surface area contributed by atoms with Gasteiger partial charge in [-0.05, 0) is 37.1 Å². The number of nitrogens with zero attached hydrogens (tertiary/aromatic N) is 1. The number of anilines is 1. The summed E-state index contributed by atoms with van der Waals surface area (Å²) < 4.78 is 15.7. The number of carbonyl (C=O) groups excluding carboxylic acids is 2. The second-order valence-electron chi connectivity index (χ2n) is 6.11. The fraction of sp³-hybridized carbons (Fsp3) is 0.300. The third-order valence-electron chi connectivity index (χ3n) is 4.45. The molecule has 2 aromatic carbocycles. The monoisotopic (exact) mass is 389 g/mol. The van der Waals surface area contributed by atoms with E-state index in [1.54, 1.807) is 11.8 Å². The molecule has 1 amide bonds. The summed E-state index contributed by atoms with van der Waals surface area (Å²) in [6, 6.07) is 10.6. The summed E-state index contributed by atoms with van der Waals surface area (Å²) in [5.41, 5.74) is 2.15. The summed E-state index contributed by atoms with van der Waals surface area (Å²) in [7, 11) is 2.90. The Labute approximate surface area is 162 Å². The normalized spacial score (nSPS) is 13.7. The predicted octanol–water partition coefficient (Wildman–Crippen LogP) is 3.49. The average molecular weight is 390 g/mol. The van der Waals surface area contributed by atoms with Crippen LogP contribution in [-0.2, 0) is 16.0 Å². The number of hydrogen-bond donors (Lipinski definition) is 0. The fourth-order valence-electron chi connectivity index (χ4n) is 3.10. The van der Waals surface area contributed by atoms with Crippen molar-refractivity contribution in [2.24, 2.45) is 0 Å². The van der Waals surface area contributed by atoms with Gasteiger partial charge in [-0.2, -0.15) is 0 Å². The number of benzene rings is 2. The minimum atomic E-state index is -0.935. The Morgan fingerprint density at radius 3 is 2.59 bits per heavy atom. The topological polar surface area (TPSA) is 65.1 Å². The van der Waals surface area contributed by atoms with Gasteiger partial charge in [-0.15, -0.1) is 0 Å². The molecule has 3 rings (SSSR count). The number of esters is 1. The third kappa shape index (κ3) is 3.71. The first kappa shape index (κ1) is 19.0. The summed E-state index contributed by atoms with van der Waals surface area (Å²) in [6.45, 7) is 2.13. The van der Waals surface area contributed by atoms with E-state index in [-0.39, 0.29) is 16.5 Å². The maximum Gasteiger partial charge on any atom is 0.339 e. The highest BCUT2D eigenvalue weighted by atomic mass is 35.5. The highest BCUT2D eigenvalue weighted by Crippen LogP contribution is 2.36. The van der Waals surface area contributed by atoms with Gasteiger partial charge in [0, 0.05) is 12.2 Å². The molecule has 6 nitrogen and oxygen atoms in total. The molecule has 1 aliphatic rings. The summed E-state index contributed by atoms with van der Waals surface area (Å²) >= 11 is 6.13. The molecule has 0 spiro atoms. The highest BCUT2D eigenvalue weighted by molar-refractivity contribution is 6.32. The van der Waals surface area contributed by atoms with Crippen molar-refractivity contribution in [1.82, 2.24) is 0 Å². The number of para-hydroxylation sites is 1. The Balaban J connectivity index is 1.75. The van der Waals surface area contributed by atoms with Crippen LogP contribution in [0.4, 0.5) is 5.69 Å². The molecule has 0 bridgehead atoms. The standard InChI is InChI=1S/C20H20ClNO5/c1-12(19(23)22-9-8-13-6-4-5-7-16(13)22)27-20(24)14-10-15(21)18(26-3)17(11-14)25-2/h4-7,10-12H,8-9H2,1-3H3/t12-/m1/s1. The summed E-state index contributed by atoms with van der Waals surface area (Å²) in [5, 5.41) is 0.219. The van der Waals surface area contributed by atoms with Crippen molar-refractivity contribution in [1.29, 1.82) is 0 Å². The Morgan fingerprint density at radius 1 is 1.15 bits per heavy atom. The summed E-state index contributed by atoms with van der Waals surface area (Å²) in [5.74, 6) is -0.288. The van der Waals surface area contributed by atoms with Gasteiger partial charge in [0.1, 0.15) is 0 Å². The van der Waals surface area contributed by atoms with Crippen molar-refractivity contribution in [3.8, 4) is 11.5 Å². The van der Waals surface area contributed by atoms with Gasteiger partial charge in [-0.3, -0.25) is 4.79 Å². The first-order valence-electron chi connectivity index (χ1n) is 8.48. The van der Waals surface area contributed by atoms with Gasteiger partial charge in [0.25, 0.3) is 5.91 Å². The predicted molar refractivity (Wildman–Crippen MR) is 102 cm³/mol. The first-order chi connectivity index (χ1) is 13.0. The van der Waals surface area contributed by atoms with Crippen LogP contribution in [0.2, 0.25) is 5.02 Å². The van der Waals surface area contributed by atoms with E-state index in [2.05, 4.69) is 0 Å². The van der Waals surface area contributed by atoms with Gasteiger partial charge in [-0.1, -0.05) is 29.8 Å². The zero-order chi connectivity index (χ0) is 19.6. The van der Waals surface area contributed by atoms with Gasteiger partial charge >= 0.3 is 5.97 Å². The zero-order valence-corrected chi connectivity index (χ0v) is 16.1. The zero-order valence-electron chi connectivity index (χ0n) is 15.3. The fourth-order valence-corrected chi connectivity index (χ4v) is 3.39. The summed E-state index contributed by atoms with van der Waals surface area (Å²) in [6.07, 6.45) is -0.149. The quantitative estimate of drug-likeness (QED) is 0.732. The molecule has 2 aromatic rings. The molecule has 0 fully saturated rings. The van der Waals surface area contributed by atoms with Crippen LogP contribution in [0.15, 0.2) is 36.4 Å². The average Bonchev–Trinajstić information content (AvgIpc) is 3.10. The van der Waals surface area contributed by atoms with Gasteiger partial charge in [0.2, 0.25) is 0 Å². The smallest absolute Gasteiger partial charge is 0.339 e. The lowest BCUT2D eigenvalue weighted by Crippen LogP contribution is -2.39. The molecule has 0 N–H and O–H groups in total. The van der Waals surface area contributed by atoms with Crippen LogP contribution in [0, 0.1) is 0 Å². The molecule has 0 saturated heterocycles. The lowest BCUT2D eigenvalue weighted by Gasteiger charge is -2.22. The second-order valence-corrected chi connectivity index (χ2v) is 6.52. The molecule has 0 unspecified atom stereocenters. The molecular weight excluding hydrogens is 370 g/mol. The first-order valence-corrected chi connectivity index (χ1v) is 8.85. The number of carbonyl (C=O) groups is 2. The maximum atomic E-state index is 12.7. The number of methoxy groups -OCH3 is 2. The molecular formula is C20H20ClNO5. The SMILES string of the molecule is COc1cc(C(=O)O[C@H](C)C(=O)N2CCc3ccccc32)cc(Cl)c1OC. The van der Waals surface area contributed by atoms with E-state index in [1.165, 1.54) is 26.4 Å². The van der Waals surface area contributed by atoms with Crippen molar-refractivity contribution < 1.29 is 23.8 Å². The van der Waals surface area contributed by atoms with E-state index in [9.17, 15) is 9.59 Å². The highest BCUT2D eigenvalue weighted by Gasteiger charge is 2.30. The second kappa shape index (κ2) is 7.88. The molecule has 142 valence electrons. The van der Waals surface area contributed by atoms with Crippen molar-refractivity contribution in [3.63, 3.8) is 0 Å². The van der Waals surface area contributed by atoms with Crippen molar-refractivity contribution in [3.05, 3.63) is 52.5 Å². The van der Waals surface area contributed by atoms with Gasteiger partial charge in [0.05, 0.1) is 24.8 Å². The number of fused-ring (bicyclic) bond motifs is 1. The van der Waals surface area contributed by atoms with Gasteiger partial charge in [0.15, 0.2) is 17.6 Å². The van der Waals surface area contributed by atoms with Crippen molar-refractivity contribution in [2.75, 3.05) is 25.7 Å². The van der Waals surface area contributed by atoms with Crippen LogP contribution < -0.4 is 14.4 Å². The Bertz CT molecular complexity index is 883. The lowest BCUT2D eigenvalue weighted by molar-refractivity contribution is -0.126. The molecule has 1 atom stereocenters. The minimum absolute atomic E-state index is 0.180. The van der Waals surface area contributed by atoms with Crippen molar-refractivity contribution >= 4 is 29.2 Å². The Hall–Kier alpha value is -2.73. The van der Waals surface area contributed by atoms with Crippen molar-refractivity contribution in [2.45, 2.75) is 19.4 Å². The number of hydrogen-bond acceptors (Lipinski definition) is 5. The van der Waals surface area contributed by atoms with E-state index in [1.807, 2.05) is 24.3 Å². The van der Waals surface area contributed by atoms with Gasteiger partial charge in [-0.25, -0.2) is 4.79 Å². The molecule has 0 saturated carbocycles. The number of rotatable bonds is 5. The molecule has 27 heavy (non-hydrogen) atoms. The third-order valence-corrected chi connectivity index (χ3v) is 4.73. The molecule has 1 aliphatic heterocycles. The largest absolute Gasteiger partial charge is 0.493 e. The van der Waals surface area contributed by atoms with Crippen LogP contribution in [-0.4, -0.2) is 38.7 Å². The van der Waals surface area contributed by atoms with E-state index in [4.69, 9.17) is 25.8 Å². The minimum Gasteiger partial charge on any atom is -0.493 e. The summed E-state index contributed by atoms with van der Waals surface area (Å²) in [4.78, 5) is 26.9. The number of halogens is 1. The lowest BCUT2D eigenvalue weighted by atomic mass is 10.2. The molecule has 0 radical (unpaired) electrons. The van der Waals surface area contributed by atoms with Crippen LogP contribution in [0.5, 0.6) is 11.5 Å². The van der Waals surface area contributed by atoms with Crippen LogP contribution >= 0.6 is 11.6 Å². The molecule has 7 heteroatoms. The number of amides is 1. The Morgan fingerprint density at radius 2 is 1.89 bits per heavy atom. The van der Waals surface area contributed by atoms with Gasteiger partial charge < -0.3 is 19.1 Å². The Kier molecular flexibility index (Phi) is 5.56.